The van der Waals surface area contributed by atoms with Crippen molar-refractivity contribution in [3.8, 4) is 0 Å². The summed E-state index contributed by atoms with van der Waals surface area (Å²) in [6.07, 6.45) is 4.06. The Balaban J connectivity index is 1.80. The molecule has 1 unspecified atom stereocenters. The summed E-state index contributed by atoms with van der Waals surface area (Å²) in [5.41, 5.74) is 1.45. The van der Waals surface area contributed by atoms with E-state index in [0.29, 0.717) is 6.04 Å². The fraction of sp³-hybridized carbons (Fsp3) is 0.474. The third kappa shape index (κ3) is 3.81. The monoisotopic (exact) mass is 299 g/mol. The van der Waals surface area contributed by atoms with Crippen LogP contribution in [0, 0.1) is 5.92 Å². The van der Waals surface area contributed by atoms with E-state index in [-0.39, 0.29) is 0 Å². The smallest absolute Gasteiger partial charge is 0.0323 e. The van der Waals surface area contributed by atoms with Crippen LogP contribution in [0.3, 0.4) is 0 Å². The first-order valence-electron chi connectivity index (χ1n) is 8.16. The average molecular weight is 299 g/mol. The van der Waals surface area contributed by atoms with Crippen LogP contribution in [0.25, 0.3) is 10.8 Å². The zero-order valence-corrected chi connectivity index (χ0v) is 13.7. The van der Waals surface area contributed by atoms with Crippen molar-refractivity contribution in [1.29, 1.82) is 0 Å². The predicted molar refractivity (Wildman–Crippen MR) is 95.0 cm³/mol. The topological polar surface area (TPSA) is 12.0 Å². The molecule has 1 nitrogen and oxygen atoms in total. The molecule has 21 heavy (non-hydrogen) atoms. The van der Waals surface area contributed by atoms with E-state index < -0.39 is 0 Å². The van der Waals surface area contributed by atoms with Gasteiger partial charge in [0.05, 0.1) is 0 Å². The third-order valence-corrected chi connectivity index (χ3v) is 5.59. The molecule has 1 aliphatic heterocycles. The summed E-state index contributed by atoms with van der Waals surface area (Å²) in [6, 6.07) is 16.1. The van der Waals surface area contributed by atoms with E-state index >= 15 is 0 Å². The number of nitrogens with one attached hydrogen (secondary N) is 1. The molecule has 1 saturated heterocycles. The van der Waals surface area contributed by atoms with E-state index in [1.165, 1.54) is 47.1 Å². The van der Waals surface area contributed by atoms with E-state index in [2.05, 4.69) is 66.5 Å². The lowest BCUT2D eigenvalue weighted by Crippen LogP contribution is -2.25. The summed E-state index contributed by atoms with van der Waals surface area (Å²) in [6.45, 7) is 3.25. The highest BCUT2D eigenvalue weighted by Crippen LogP contribution is 2.32. The highest BCUT2D eigenvalue weighted by atomic mass is 32.2. The Morgan fingerprint density at radius 3 is 2.62 bits per heavy atom. The number of benzene rings is 2. The average Bonchev–Trinajstić information content (AvgIpc) is 2.55. The van der Waals surface area contributed by atoms with Crippen LogP contribution in [0.4, 0.5) is 0 Å². The minimum Gasteiger partial charge on any atom is -0.310 e. The van der Waals surface area contributed by atoms with Gasteiger partial charge in [-0.25, -0.2) is 0 Å². The molecule has 1 fully saturated rings. The molecule has 0 saturated carbocycles. The molecule has 1 heterocycles. The van der Waals surface area contributed by atoms with E-state index in [0.717, 1.165) is 12.5 Å². The number of hydrogen-bond donors (Lipinski definition) is 1. The zero-order chi connectivity index (χ0) is 14.5. The largest absolute Gasteiger partial charge is 0.310 e. The standard InChI is InChI=1S/C19H25NS/c1-2-20-19(13-15-9-11-21-12-10-15)18-8-7-16-5-3-4-6-17(16)14-18/h3-8,14-15,19-20H,2,9-13H2,1H3. The van der Waals surface area contributed by atoms with Crippen LogP contribution in [0.15, 0.2) is 42.5 Å². The molecule has 0 aliphatic carbocycles. The molecule has 112 valence electrons. The summed E-state index contributed by atoms with van der Waals surface area (Å²) in [7, 11) is 0. The van der Waals surface area contributed by atoms with Crippen molar-refractivity contribution in [2.75, 3.05) is 18.1 Å². The van der Waals surface area contributed by atoms with Gasteiger partial charge in [0, 0.05) is 6.04 Å². The van der Waals surface area contributed by atoms with Crippen molar-refractivity contribution in [2.45, 2.75) is 32.2 Å². The molecule has 3 rings (SSSR count). The first-order chi connectivity index (χ1) is 10.4. The van der Waals surface area contributed by atoms with E-state index in [9.17, 15) is 0 Å². The van der Waals surface area contributed by atoms with Gasteiger partial charge in [-0.2, -0.15) is 11.8 Å². The van der Waals surface area contributed by atoms with Gasteiger partial charge in [-0.1, -0.05) is 43.3 Å². The summed E-state index contributed by atoms with van der Waals surface area (Å²) in [5, 5.41) is 6.40. The van der Waals surface area contributed by atoms with E-state index in [1.807, 2.05) is 0 Å². The summed E-state index contributed by atoms with van der Waals surface area (Å²) in [5.74, 6) is 3.59. The summed E-state index contributed by atoms with van der Waals surface area (Å²) < 4.78 is 0. The number of thioether (sulfide) groups is 1. The zero-order valence-electron chi connectivity index (χ0n) is 12.8. The van der Waals surface area contributed by atoms with Crippen molar-refractivity contribution in [2.24, 2.45) is 5.92 Å². The quantitative estimate of drug-likeness (QED) is 0.831. The first-order valence-corrected chi connectivity index (χ1v) is 9.32. The van der Waals surface area contributed by atoms with Crippen molar-refractivity contribution >= 4 is 22.5 Å². The summed E-state index contributed by atoms with van der Waals surface area (Å²) in [4.78, 5) is 0. The number of hydrogen-bond acceptors (Lipinski definition) is 2. The van der Waals surface area contributed by atoms with Crippen LogP contribution >= 0.6 is 11.8 Å². The Kier molecular flexibility index (Phi) is 5.21. The number of rotatable bonds is 5. The van der Waals surface area contributed by atoms with Crippen molar-refractivity contribution in [1.82, 2.24) is 5.32 Å². The van der Waals surface area contributed by atoms with Crippen LogP contribution in [0.5, 0.6) is 0 Å². The molecular formula is C19H25NS. The minimum absolute atomic E-state index is 0.507. The van der Waals surface area contributed by atoms with Crippen LogP contribution in [0.1, 0.15) is 37.8 Å². The molecule has 0 aromatic heterocycles. The predicted octanol–water partition coefficient (Wildman–Crippen LogP) is 5.02. The van der Waals surface area contributed by atoms with Crippen molar-refractivity contribution < 1.29 is 0 Å². The molecule has 2 aromatic carbocycles. The van der Waals surface area contributed by atoms with Gasteiger partial charge in [0.2, 0.25) is 0 Å². The van der Waals surface area contributed by atoms with Crippen LogP contribution < -0.4 is 5.32 Å². The fourth-order valence-electron chi connectivity index (χ4n) is 3.32. The van der Waals surface area contributed by atoms with Crippen LogP contribution in [-0.2, 0) is 0 Å². The molecule has 0 radical (unpaired) electrons. The Hall–Kier alpha value is -0.990. The fourth-order valence-corrected chi connectivity index (χ4v) is 4.53. The van der Waals surface area contributed by atoms with Gasteiger partial charge >= 0.3 is 0 Å². The second-order valence-corrected chi connectivity index (χ2v) is 7.23. The van der Waals surface area contributed by atoms with E-state index in [4.69, 9.17) is 0 Å². The maximum absolute atomic E-state index is 3.70. The molecule has 1 atom stereocenters. The Bertz CT molecular complexity index is 575. The number of fused-ring (bicyclic) bond motifs is 1. The van der Waals surface area contributed by atoms with E-state index in [1.54, 1.807) is 0 Å². The first kappa shape index (κ1) is 14.9. The van der Waals surface area contributed by atoms with Gasteiger partial charge in [0.15, 0.2) is 0 Å². The van der Waals surface area contributed by atoms with Gasteiger partial charge in [0.25, 0.3) is 0 Å². The normalized spacial score (nSPS) is 18.0. The van der Waals surface area contributed by atoms with Gasteiger partial charge in [-0.15, -0.1) is 0 Å². The molecule has 2 aromatic rings. The summed E-state index contributed by atoms with van der Waals surface area (Å²) >= 11 is 2.12. The van der Waals surface area contributed by atoms with Gasteiger partial charge in [-0.3, -0.25) is 0 Å². The third-order valence-electron chi connectivity index (χ3n) is 4.54. The second-order valence-electron chi connectivity index (χ2n) is 6.01. The molecule has 1 aliphatic rings. The molecular weight excluding hydrogens is 274 g/mol. The highest BCUT2D eigenvalue weighted by Gasteiger charge is 2.20. The lowest BCUT2D eigenvalue weighted by molar-refractivity contribution is 0.374. The lowest BCUT2D eigenvalue weighted by atomic mass is 9.90. The SMILES string of the molecule is CCNC(CC1CCSCC1)c1ccc2ccccc2c1. The Labute approximate surface area is 132 Å². The molecule has 2 heteroatoms. The van der Waals surface area contributed by atoms with Gasteiger partial charge < -0.3 is 5.32 Å². The maximum Gasteiger partial charge on any atom is 0.0323 e. The molecule has 1 N–H and O–H groups in total. The van der Waals surface area contributed by atoms with Crippen molar-refractivity contribution in [3.05, 3.63) is 48.0 Å². The van der Waals surface area contributed by atoms with Crippen LogP contribution in [0.2, 0.25) is 0 Å². The second kappa shape index (κ2) is 7.33. The minimum atomic E-state index is 0.507. The van der Waals surface area contributed by atoms with Crippen LogP contribution in [-0.4, -0.2) is 18.1 Å². The van der Waals surface area contributed by atoms with Gasteiger partial charge in [0.1, 0.15) is 0 Å². The molecule has 0 amide bonds. The Morgan fingerprint density at radius 2 is 1.86 bits per heavy atom. The molecule has 0 spiro atoms. The van der Waals surface area contributed by atoms with Crippen molar-refractivity contribution in [3.63, 3.8) is 0 Å². The maximum atomic E-state index is 3.70. The highest BCUT2D eigenvalue weighted by molar-refractivity contribution is 7.99. The lowest BCUT2D eigenvalue weighted by Gasteiger charge is -2.27. The van der Waals surface area contributed by atoms with Gasteiger partial charge in [-0.05, 0) is 65.6 Å². The Morgan fingerprint density at radius 1 is 1.10 bits per heavy atom. The molecule has 0 bridgehead atoms.